The highest BCUT2D eigenvalue weighted by Crippen LogP contribution is 2.37. The Morgan fingerprint density at radius 2 is 2.13 bits per heavy atom. The molecule has 1 aliphatic carbocycles. The number of aromatic nitrogens is 4. The van der Waals surface area contributed by atoms with E-state index in [2.05, 4.69) is 27.5 Å². The summed E-state index contributed by atoms with van der Waals surface area (Å²) in [5.74, 6) is -0.130. The molecule has 5 rings (SSSR count). The van der Waals surface area contributed by atoms with Crippen LogP contribution in [0, 0.1) is 17.2 Å². The third-order valence-corrected chi connectivity index (χ3v) is 7.14. The zero-order valence-electron chi connectivity index (χ0n) is 21.7. The molecule has 10 nitrogen and oxygen atoms in total. The van der Waals surface area contributed by atoms with Gasteiger partial charge < -0.3 is 16.0 Å². The second-order valence-corrected chi connectivity index (χ2v) is 9.86. The molecule has 2 atom stereocenters. The molecule has 1 saturated heterocycles. The number of amides is 2. The van der Waals surface area contributed by atoms with Crippen molar-refractivity contribution in [2.75, 3.05) is 11.9 Å². The van der Waals surface area contributed by atoms with Crippen LogP contribution in [-0.4, -0.2) is 49.0 Å². The summed E-state index contributed by atoms with van der Waals surface area (Å²) in [5, 5.41) is 16.8. The second kappa shape index (κ2) is 11.3. The molecular weight excluding hydrogens is 492 g/mol. The Labute approximate surface area is 226 Å². The van der Waals surface area contributed by atoms with Crippen molar-refractivity contribution < 1.29 is 9.59 Å². The Balaban J connectivity index is 1.46. The van der Waals surface area contributed by atoms with Crippen LogP contribution in [0.25, 0.3) is 22.9 Å². The second-order valence-electron chi connectivity index (χ2n) is 9.86. The fraction of sp³-hybridized carbons (Fsp3) is 0.310. The van der Waals surface area contributed by atoms with Crippen LogP contribution in [0.3, 0.4) is 0 Å². The molecular formula is C29H30N8O2. The van der Waals surface area contributed by atoms with Crippen LogP contribution in [0.2, 0.25) is 0 Å². The fourth-order valence-electron chi connectivity index (χ4n) is 5.18. The first-order valence-corrected chi connectivity index (χ1v) is 13.0. The number of likely N-dealkylation sites (tertiary alicyclic amines) is 1. The number of hydrogen-bond donors (Lipinski definition) is 2. The summed E-state index contributed by atoms with van der Waals surface area (Å²) >= 11 is 0. The van der Waals surface area contributed by atoms with Crippen LogP contribution < -0.4 is 11.1 Å². The van der Waals surface area contributed by atoms with Crippen LogP contribution in [0.15, 0.2) is 55.0 Å². The zero-order valence-corrected chi connectivity index (χ0v) is 21.7. The quantitative estimate of drug-likeness (QED) is 0.449. The van der Waals surface area contributed by atoms with Gasteiger partial charge in [-0.1, -0.05) is 24.3 Å². The Hall–Kier alpha value is -4.78. The average Bonchev–Trinajstić information content (AvgIpc) is 3.60. The van der Waals surface area contributed by atoms with Crippen molar-refractivity contribution >= 4 is 35.1 Å². The normalized spacial score (nSPS) is 19.1. The monoisotopic (exact) mass is 522 g/mol. The minimum atomic E-state index is -0.516. The molecule has 0 spiro atoms. The van der Waals surface area contributed by atoms with Gasteiger partial charge >= 0.3 is 0 Å². The van der Waals surface area contributed by atoms with Crippen LogP contribution in [0.1, 0.15) is 43.2 Å². The van der Waals surface area contributed by atoms with E-state index >= 15 is 0 Å². The third-order valence-electron chi connectivity index (χ3n) is 7.14. The van der Waals surface area contributed by atoms with E-state index in [1.54, 1.807) is 21.9 Å². The van der Waals surface area contributed by atoms with Crippen LogP contribution in [0.5, 0.6) is 0 Å². The highest BCUT2D eigenvalue weighted by Gasteiger charge is 2.34. The number of aryl methyl sites for hydroxylation is 1. The summed E-state index contributed by atoms with van der Waals surface area (Å²) in [4.78, 5) is 35.6. The number of nitrogens with two attached hydrogens (primary N) is 1. The van der Waals surface area contributed by atoms with Gasteiger partial charge in [-0.25, -0.2) is 9.97 Å². The van der Waals surface area contributed by atoms with Gasteiger partial charge in [-0.2, -0.15) is 10.4 Å². The highest BCUT2D eigenvalue weighted by molar-refractivity contribution is 5.90. The lowest BCUT2D eigenvalue weighted by Gasteiger charge is -2.28. The van der Waals surface area contributed by atoms with Crippen molar-refractivity contribution in [2.45, 2.75) is 38.1 Å². The van der Waals surface area contributed by atoms with E-state index in [0.29, 0.717) is 31.8 Å². The van der Waals surface area contributed by atoms with E-state index in [9.17, 15) is 14.9 Å². The van der Waals surface area contributed by atoms with Crippen molar-refractivity contribution in [1.29, 1.82) is 5.26 Å². The SMILES string of the molecule is Cn1cc(Nc2ncc(C3=CCC(C(=O)N4CCC[C@H]4C#N)CC3)c(-c3cccc(C=CC(N)=O)c3)n2)cn1. The van der Waals surface area contributed by atoms with Crippen molar-refractivity contribution in [3.63, 3.8) is 0 Å². The number of nitrogens with one attached hydrogen (secondary N) is 1. The maximum absolute atomic E-state index is 13.1. The number of primary amides is 1. The average molecular weight is 523 g/mol. The molecule has 1 aromatic carbocycles. The summed E-state index contributed by atoms with van der Waals surface area (Å²) in [5.41, 5.74) is 10.4. The highest BCUT2D eigenvalue weighted by atomic mass is 16.2. The molecule has 3 heterocycles. The molecule has 10 heteroatoms. The number of carbonyl (C=O) groups is 2. The van der Waals surface area contributed by atoms with Gasteiger partial charge in [-0.3, -0.25) is 14.3 Å². The third kappa shape index (κ3) is 5.88. The molecule has 1 unspecified atom stereocenters. The number of nitrogens with zero attached hydrogens (tertiary/aromatic N) is 6. The maximum Gasteiger partial charge on any atom is 0.241 e. The lowest BCUT2D eigenvalue weighted by Crippen LogP contribution is -2.39. The topological polar surface area (TPSA) is 143 Å². The first-order valence-electron chi connectivity index (χ1n) is 13.0. The number of nitriles is 1. The van der Waals surface area contributed by atoms with E-state index in [4.69, 9.17) is 10.7 Å². The molecule has 39 heavy (non-hydrogen) atoms. The van der Waals surface area contributed by atoms with E-state index in [-0.39, 0.29) is 17.9 Å². The van der Waals surface area contributed by atoms with Crippen molar-refractivity contribution in [2.24, 2.45) is 18.7 Å². The lowest BCUT2D eigenvalue weighted by atomic mass is 9.85. The Morgan fingerprint density at radius 3 is 2.85 bits per heavy atom. The number of rotatable bonds is 7. The molecule has 2 aromatic heterocycles. The smallest absolute Gasteiger partial charge is 0.241 e. The maximum atomic E-state index is 13.1. The molecule has 0 bridgehead atoms. The summed E-state index contributed by atoms with van der Waals surface area (Å²) in [6, 6.07) is 9.67. The Kier molecular flexibility index (Phi) is 7.50. The predicted molar refractivity (Wildman–Crippen MR) is 148 cm³/mol. The van der Waals surface area contributed by atoms with E-state index in [1.807, 2.05) is 43.7 Å². The first kappa shape index (κ1) is 25.9. The number of anilines is 2. The molecule has 1 aliphatic heterocycles. The van der Waals surface area contributed by atoms with E-state index < -0.39 is 5.91 Å². The number of carbonyl (C=O) groups excluding carboxylic acids is 2. The van der Waals surface area contributed by atoms with Gasteiger partial charge in [0.05, 0.1) is 23.6 Å². The Morgan fingerprint density at radius 1 is 1.26 bits per heavy atom. The van der Waals surface area contributed by atoms with Gasteiger partial charge in [-0.15, -0.1) is 0 Å². The standard InChI is InChI=1S/C29H30N8O2/c1-36-18-23(16-33-36)34-29-32-17-25(27(35-29)22-5-2-4-19(14-22)7-12-26(31)38)20-8-10-21(11-9-20)28(39)37-13-3-6-24(37)15-30/h2,4-5,7-8,12,14,16-18,21,24H,3,6,9-11,13H2,1H3,(H2,31,38)(H,32,34,35)/t21?,24-/m0/s1. The van der Waals surface area contributed by atoms with Gasteiger partial charge in [0.2, 0.25) is 17.8 Å². The van der Waals surface area contributed by atoms with E-state index in [1.165, 1.54) is 6.08 Å². The zero-order chi connectivity index (χ0) is 27.4. The summed E-state index contributed by atoms with van der Waals surface area (Å²) in [6.45, 7) is 0.661. The molecule has 2 aliphatic rings. The van der Waals surface area contributed by atoms with Crippen LogP contribution >= 0.6 is 0 Å². The van der Waals surface area contributed by atoms with Gasteiger partial charge in [0.1, 0.15) is 6.04 Å². The fourth-order valence-corrected chi connectivity index (χ4v) is 5.18. The van der Waals surface area contributed by atoms with Crippen LogP contribution in [0.4, 0.5) is 11.6 Å². The molecule has 2 amide bonds. The van der Waals surface area contributed by atoms with Gasteiger partial charge in [0, 0.05) is 49.1 Å². The minimum absolute atomic E-state index is 0.0794. The number of allylic oxidation sites excluding steroid dienone is 2. The molecule has 3 aromatic rings. The predicted octanol–water partition coefficient (Wildman–Crippen LogP) is 3.82. The molecule has 3 N–H and O–H groups in total. The molecule has 0 radical (unpaired) electrons. The first-order chi connectivity index (χ1) is 18.9. The molecule has 1 fully saturated rings. The summed E-state index contributed by atoms with van der Waals surface area (Å²) in [7, 11) is 1.84. The van der Waals surface area contributed by atoms with Crippen molar-refractivity contribution in [3.8, 4) is 17.3 Å². The Bertz CT molecular complexity index is 1500. The van der Waals surface area contributed by atoms with Crippen molar-refractivity contribution in [1.82, 2.24) is 24.6 Å². The lowest BCUT2D eigenvalue weighted by molar-refractivity contribution is -0.135. The molecule has 198 valence electrons. The van der Waals surface area contributed by atoms with Gasteiger partial charge in [-0.05, 0) is 55.4 Å². The minimum Gasteiger partial charge on any atom is -0.366 e. The number of benzene rings is 1. The summed E-state index contributed by atoms with van der Waals surface area (Å²) in [6.07, 6.45) is 14.1. The number of hydrogen-bond acceptors (Lipinski definition) is 7. The molecule has 0 saturated carbocycles. The van der Waals surface area contributed by atoms with E-state index in [0.717, 1.165) is 46.5 Å². The summed E-state index contributed by atoms with van der Waals surface area (Å²) < 4.78 is 1.69. The van der Waals surface area contributed by atoms with Crippen LogP contribution in [-0.2, 0) is 16.6 Å². The van der Waals surface area contributed by atoms with Crippen molar-refractivity contribution in [3.05, 3.63) is 66.1 Å². The van der Waals surface area contributed by atoms with Gasteiger partial charge in [0.25, 0.3) is 0 Å². The van der Waals surface area contributed by atoms with Gasteiger partial charge in [0.15, 0.2) is 0 Å². The largest absolute Gasteiger partial charge is 0.366 e.